The molecule has 18 heavy (non-hydrogen) atoms. The Morgan fingerprint density at radius 2 is 2.22 bits per heavy atom. The van der Waals surface area contributed by atoms with E-state index in [-0.39, 0.29) is 10.9 Å². The third-order valence-electron chi connectivity index (χ3n) is 2.77. The quantitative estimate of drug-likeness (QED) is 0.865. The van der Waals surface area contributed by atoms with Gasteiger partial charge in [0, 0.05) is 23.1 Å². The van der Waals surface area contributed by atoms with Crippen LogP contribution in [0.25, 0.3) is 0 Å². The van der Waals surface area contributed by atoms with Crippen LogP contribution in [0.3, 0.4) is 0 Å². The van der Waals surface area contributed by atoms with Gasteiger partial charge in [-0.05, 0) is 25.1 Å². The lowest BCUT2D eigenvalue weighted by atomic mass is 10.3. The third-order valence-corrected chi connectivity index (χ3v) is 4.73. The van der Waals surface area contributed by atoms with Gasteiger partial charge in [-0.25, -0.2) is 13.1 Å². The van der Waals surface area contributed by atoms with Crippen molar-refractivity contribution in [2.75, 3.05) is 20.2 Å². The highest BCUT2D eigenvalue weighted by atomic mass is 79.9. The second-order valence-electron chi connectivity index (χ2n) is 4.14. The van der Waals surface area contributed by atoms with Gasteiger partial charge in [0.05, 0.1) is 12.0 Å². The molecule has 1 unspecified atom stereocenters. The lowest BCUT2D eigenvalue weighted by Crippen LogP contribution is -2.36. The van der Waals surface area contributed by atoms with Gasteiger partial charge in [0.2, 0.25) is 10.0 Å². The molecule has 1 aliphatic rings. The molecule has 0 bridgehead atoms. The van der Waals surface area contributed by atoms with Crippen LogP contribution in [0.15, 0.2) is 27.6 Å². The van der Waals surface area contributed by atoms with Crippen molar-refractivity contribution in [3.05, 3.63) is 22.7 Å². The van der Waals surface area contributed by atoms with Crippen molar-refractivity contribution in [1.82, 2.24) is 10.0 Å². The first-order chi connectivity index (χ1) is 8.51. The van der Waals surface area contributed by atoms with Gasteiger partial charge in [0.1, 0.15) is 5.75 Å². The van der Waals surface area contributed by atoms with E-state index in [1.807, 2.05) is 0 Å². The van der Waals surface area contributed by atoms with E-state index in [0.29, 0.717) is 16.8 Å². The maximum atomic E-state index is 12.2. The second kappa shape index (κ2) is 5.56. The van der Waals surface area contributed by atoms with Crippen molar-refractivity contribution < 1.29 is 13.2 Å². The van der Waals surface area contributed by atoms with Crippen molar-refractivity contribution >= 4 is 26.0 Å². The number of ether oxygens (including phenoxy) is 1. The Bertz CT molecular complexity index is 527. The van der Waals surface area contributed by atoms with Crippen molar-refractivity contribution in [2.45, 2.75) is 17.4 Å². The Balaban J connectivity index is 2.25. The molecular formula is C11H15BrN2O3S. The summed E-state index contributed by atoms with van der Waals surface area (Å²) in [6.45, 7) is 1.51. The van der Waals surface area contributed by atoms with E-state index >= 15 is 0 Å². The Hall–Kier alpha value is -0.630. The first kappa shape index (κ1) is 13.8. The fourth-order valence-corrected chi connectivity index (χ4v) is 3.81. The van der Waals surface area contributed by atoms with Gasteiger partial charge >= 0.3 is 0 Å². The molecule has 1 aromatic carbocycles. The first-order valence-corrected chi connectivity index (χ1v) is 7.86. The molecule has 0 spiro atoms. The zero-order valence-corrected chi connectivity index (χ0v) is 12.3. The monoisotopic (exact) mass is 334 g/mol. The molecule has 5 nitrogen and oxygen atoms in total. The minimum atomic E-state index is -3.50. The highest BCUT2D eigenvalue weighted by molar-refractivity contribution is 9.10. The zero-order valence-electron chi connectivity index (χ0n) is 9.94. The van der Waals surface area contributed by atoms with Crippen LogP contribution in [0.1, 0.15) is 6.42 Å². The minimum Gasteiger partial charge on any atom is -0.497 e. The van der Waals surface area contributed by atoms with Gasteiger partial charge in [0.15, 0.2) is 0 Å². The van der Waals surface area contributed by atoms with Gasteiger partial charge in [-0.3, -0.25) is 0 Å². The summed E-state index contributed by atoms with van der Waals surface area (Å²) in [5, 5.41) is 3.12. The summed E-state index contributed by atoms with van der Waals surface area (Å²) in [4.78, 5) is 0.209. The second-order valence-corrected chi connectivity index (χ2v) is 6.77. The smallest absolute Gasteiger partial charge is 0.241 e. The molecule has 1 heterocycles. The molecule has 0 radical (unpaired) electrons. The van der Waals surface area contributed by atoms with Crippen LogP contribution in [-0.4, -0.2) is 34.7 Å². The highest BCUT2D eigenvalue weighted by Gasteiger charge is 2.23. The lowest BCUT2D eigenvalue weighted by molar-refractivity contribution is 0.413. The summed E-state index contributed by atoms with van der Waals surface area (Å²) in [5.41, 5.74) is 0. The van der Waals surface area contributed by atoms with Crippen LogP contribution in [0.5, 0.6) is 5.75 Å². The largest absolute Gasteiger partial charge is 0.497 e. The topological polar surface area (TPSA) is 67.4 Å². The summed E-state index contributed by atoms with van der Waals surface area (Å²) in [6, 6.07) is 4.75. The number of benzene rings is 1. The van der Waals surface area contributed by atoms with Crippen LogP contribution in [0.2, 0.25) is 0 Å². The fourth-order valence-electron chi connectivity index (χ4n) is 1.85. The predicted octanol–water partition coefficient (Wildman–Crippen LogP) is 1.10. The Kier molecular flexibility index (Phi) is 4.26. The van der Waals surface area contributed by atoms with E-state index in [1.54, 1.807) is 12.1 Å². The number of sulfonamides is 1. The molecule has 1 aromatic rings. The molecule has 0 saturated carbocycles. The van der Waals surface area contributed by atoms with E-state index < -0.39 is 10.0 Å². The van der Waals surface area contributed by atoms with Crippen molar-refractivity contribution in [2.24, 2.45) is 0 Å². The average molecular weight is 335 g/mol. The Morgan fingerprint density at radius 1 is 1.44 bits per heavy atom. The molecule has 0 aromatic heterocycles. The molecule has 1 atom stereocenters. The van der Waals surface area contributed by atoms with Crippen LogP contribution in [0, 0.1) is 0 Å². The normalized spacial score (nSPS) is 20.0. The first-order valence-electron chi connectivity index (χ1n) is 5.59. The van der Waals surface area contributed by atoms with Gasteiger partial charge in [-0.2, -0.15) is 0 Å². The van der Waals surface area contributed by atoms with Gasteiger partial charge in [0.25, 0.3) is 0 Å². The number of hydrogen-bond acceptors (Lipinski definition) is 4. The third kappa shape index (κ3) is 3.23. The SMILES string of the molecule is COc1cc(Br)cc(S(=O)(=O)NC2CCNC2)c1. The molecular weight excluding hydrogens is 320 g/mol. The van der Waals surface area contributed by atoms with E-state index in [0.717, 1.165) is 13.0 Å². The van der Waals surface area contributed by atoms with E-state index in [9.17, 15) is 8.42 Å². The van der Waals surface area contributed by atoms with E-state index in [4.69, 9.17) is 4.74 Å². The molecule has 2 N–H and O–H groups in total. The fraction of sp³-hybridized carbons (Fsp3) is 0.455. The average Bonchev–Trinajstić information content (AvgIpc) is 2.80. The van der Waals surface area contributed by atoms with Crippen molar-refractivity contribution in [3.63, 3.8) is 0 Å². The summed E-state index contributed by atoms with van der Waals surface area (Å²) in [7, 11) is -1.99. The number of nitrogens with one attached hydrogen (secondary N) is 2. The number of methoxy groups -OCH3 is 1. The molecule has 1 saturated heterocycles. The van der Waals surface area contributed by atoms with E-state index in [2.05, 4.69) is 26.0 Å². The zero-order chi connectivity index (χ0) is 13.2. The molecule has 1 aliphatic heterocycles. The van der Waals surface area contributed by atoms with Crippen LogP contribution < -0.4 is 14.8 Å². The Labute approximate surface area is 115 Å². The standard InChI is InChI=1S/C11H15BrN2O3S/c1-17-10-4-8(12)5-11(6-10)18(15,16)14-9-2-3-13-7-9/h4-6,9,13-14H,2-3,7H2,1H3. The lowest BCUT2D eigenvalue weighted by Gasteiger charge is -2.13. The van der Waals surface area contributed by atoms with E-state index in [1.165, 1.54) is 13.2 Å². The number of hydrogen-bond donors (Lipinski definition) is 2. The Morgan fingerprint density at radius 3 is 2.83 bits per heavy atom. The summed E-state index contributed by atoms with van der Waals surface area (Å²) < 4.78 is 32.8. The molecule has 0 aliphatic carbocycles. The molecule has 7 heteroatoms. The number of rotatable bonds is 4. The van der Waals surface area contributed by atoms with Crippen molar-refractivity contribution in [1.29, 1.82) is 0 Å². The molecule has 100 valence electrons. The van der Waals surface area contributed by atoms with Gasteiger partial charge in [-0.15, -0.1) is 0 Å². The summed E-state index contributed by atoms with van der Waals surface area (Å²) in [6.07, 6.45) is 0.810. The highest BCUT2D eigenvalue weighted by Crippen LogP contribution is 2.24. The van der Waals surface area contributed by atoms with Gasteiger partial charge < -0.3 is 10.1 Å². The van der Waals surface area contributed by atoms with Crippen molar-refractivity contribution in [3.8, 4) is 5.75 Å². The van der Waals surface area contributed by atoms with Crippen LogP contribution >= 0.6 is 15.9 Å². The molecule has 1 fully saturated rings. The van der Waals surface area contributed by atoms with Crippen LogP contribution in [0.4, 0.5) is 0 Å². The maximum Gasteiger partial charge on any atom is 0.241 e. The molecule has 2 rings (SSSR count). The number of halogens is 1. The van der Waals surface area contributed by atoms with Crippen LogP contribution in [-0.2, 0) is 10.0 Å². The molecule has 0 amide bonds. The van der Waals surface area contributed by atoms with Gasteiger partial charge in [-0.1, -0.05) is 15.9 Å². The maximum absolute atomic E-state index is 12.2. The predicted molar refractivity (Wildman–Crippen MR) is 72.3 cm³/mol. The minimum absolute atomic E-state index is 0.0417. The summed E-state index contributed by atoms with van der Waals surface area (Å²) >= 11 is 3.27. The summed E-state index contributed by atoms with van der Waals surface area (Å²) in [5.74, 6) is 0.509.